The lowest BCUT2D eigenvalue weighted by atomic mass is 9.79. The van der Waals surface area contributed by atoms with Gasteiger partial charge in [-0.1, -0.05) is 35.3 Å². The predicted octanol–water partition coefficient (Wildman–Crippen LogP) is 8.00. The highest BCUT2D eigenvalue weighted by Gasteiger charge is 2.51. The van der Waals surface area contributed by atoms with Crippen molar-refractivity contribution in [3.63, 3.8) is 0 Å². The van der Waals surface area contributed by atoms with E-state index in [9.17, 15) is 15.3 Å². The Morgan fingerprint density at radius 2 is 1.98 bits per heavy atom. The van der Waals surface area contributed by atoms with Crippen LogP contribution in [0.1, 0.15) is 66.8 Å². The maximum Gasteiger partial charge on any atom is 0.226 e. The van der Waals surface area contributed by atoms with Gasteiger partial charge in [0, 0.05) is 70.8 Å². The molecule has 0 spiro atoms. The number of aryl methyl sites for hydroxylation is 2. The Morgan fingerprint density at radius 3 is 2.71 bits per heavy atom. The zero-order valence-electron chi connectivity index (χ0n) is 28.4. The Bertz CT molecular complexity index is 2380. The molecule has 2 bridgehead atoms. The van der Waals surface area contributed by atoms with E-state index in [2.05, 4.69) is 33.1 Å². The van der Waals surface area contributed by atoms with Crippen LogP contribution in [0.25, 0.3) is 32.9 Å². The minimum absolute atomic E-state index is 0.00792. The largest absolute Gasteiger partial charge is 0.485 e. The molecule has 2 aliphatic carbocycles. The van der Waals surface area contributed by atoms with Crippen LogP contribution in [0.5, 0.6) is 5.75 Å². The number of fused-ring (bicyclic) bond motifs is 4. The minimum Gasteiger partial charge on any atom is -0.485 e. The fourth-order valence-corrected chi connectivity index (χ4v) is 9.21. The number of carbonyl (C=O) groups excluding carboxylic acids is 1. The van der Waals surface area contributed by atoms with Crippen LogP contribution in [0.4, 0.5) is 4.39 Å². The molecule has 6 heterocycles. The molecule has 12 heteroatoms. The van der Waals surface area contributed by atoms with Crippen LogP contribution in [0.3, 0.4) is 0 Å². The minimum atomic E-state index is -0.506. The number of amides is 1. The summed E-state index contributed by atoms with van der Waals surface area (Å²) in [5.74, 6) is 0.379. The van der Waals surface area contributed by atoms with Crippen LogP contribution in [0.15, 0.2) is 48.7 Å². The van der Waals surface area contributed by atoms with Crippen molar-refractivity contribution in [2.24, 2.45) is 11.8 Å². The molecule has 9 nitrogen and oxygen atoms in total. The molecular formula is C40H34Cl2FN7O2. The SMILES string of the molecule is Cc1nc2c(F)c(-c3cccc(Cl)c3Cl)c(CCC#N)cc2c2c1cc([C@H]1C[C@H](Oc3cccnc3C#N)CN1C(=O)C1CC1)n2[C@H]1[C@H]2CN[C@@H]1C2. The first-order valence-electron chi connectivity index (χ1n) is 17.8. The van der Waals surface area contributed by atoms with Crippen molar-refractivity contribution >= 4 is 50.9 Å². The lowest BCUT2D eigenvalue weighted by molar-refractivity contribution is -0.133. The molecule has 262 valence electrons. The van der Waals surface area contributed by atoms with E-state index < -0.39 is 5.82 Å². The smallest absolute Gasteiger partial charge is 0.226 e. The number of aromatic nitrogens is 3. The van der Waals surface area contributed by atoms with Crippen LogP contribution in [-0.2, 0) is 11.2 Å². The first-order chi connectivity index (χ1) is 25.3. The Kier molecular flexibility index (Phi) is 8.11. The van der Waals surface area contributed by atoms with E-state index in [-0.39, 0.29) is 58.7 Å². The Morgan fingerprint density at radius 1 is 1.13 bits per heavy atom. The molecule has 3 aliphatic heterocycles. The van der Waals surface area contributed by atoms with E-state index in [0.717, 1.165) is 42.4 Å². The summed E-state index contributed by atoms with van der Waals surface area (Å²) in [5, 5.41) is 25.1. The van der Waals surface area contributed by atoms with Gasteiger partial charge in [0.25, 0.3) is 0 Å². The molecule has 5 aliphatic rings. The number of nitrogens with zero attached hydrogens (tertiary/aromatic N) is 6. The fourth-order valence-electron chi connectivity index (χ4n) is 8.82. The Balaban J connectivity index is 1.26. The number of carbonyl (C=O) groups is 1. The molecule has 0 unspecified atom stereocenters. The van der Waals surface area contributed by atoms with Crippen molar-refractivity contribution in [2.75, 3.05) is 13.1 Å². The van der Waals surface area contributed by atoms with Crippen molar-refractivity contribution in [1.82, 2.24) is 24.8 Å². The first kappa shape index (κ1) is 33.1. The first-order valence-corrected chi connectivity index (χ1v) is 18.6. The summed E-state index contributed by atoms with van der Waals surface area (Å²) in [6.45, 7) is 3.17. The van der Waals surface area contributed by atoms with Gasteiger partial charge in [-0.3, -0.25) is 4.79 Å². The average Bonchev–Trinajstić information content (AvgIpc) is 3.43. The topological polar surface area (TPSA) is 120 Å². The molecule has 1 N–H and O–H groups in total. The molecule has 2 saturated carbocycles. The van der Waals surface area contributed by atoms with Crippen LogP contribution < -0.4 is 10.1 Å². The van der Waals surface area contributed by atoms with E-state index in [1.165, 1.54) is 0 Å². The van der Waals surface area contributed by atoms with Crippen molar-refractivity contribution in [3.05, 3.63) is 87.2 Å². The van der Waals surface area contributed by atoms with E-state index in [1.807, 2.05) is 17.9 Å². The molecule has 5 aromatic rings. The second kappa shape index (κ2) is 12.7. The van der Waals surface area contributed by atoms with Gasteiger partial charge in [0.05, 0.1) is 40.3 Å². The number of nitrogens with one attached hydrogen (secondary N) is 1. The summed E-state index contributed by atoms with van der Waals surface area (Å²) in [6, 6.07) is 17.1. The third kappa shape index (κ3) is 5.23. The van der Waals surface area contributed by atoms with Gasteiger partial charge < -0.3 is 19.5 Å². The number of ether oxygens (including phenoxy) is 1. The molecule has 5 fully saturated rings. The summed E-state index contributed by atoms with van der Waals surface area (Å²) < 4.78 is 26.0. The lowest BCUT2D eigenvalue weighted by Crippen LogP contribution is -2.41. The maximum absolute atomic E-state index is 17.2. The fraction of sp³-hybridized carbons (Fsp3) is 0.375. The molecule has 0 radical (unpaired) electrons. The van der Waals surface area contributed by atoms with Gasteiger partial charge in [0.2, 0.25) is 5.91 Å². The Labute approximate surface area is 309 Å². The zero-order chi connectivity index (χ0) is 35.8. The molecular weight excluding hydrogens is 700 g/mol. The van der Waals surface area contributed by atoms with Gasteiger partial charge in [-0.15, -0.1) is 0 Å². The summed E-state index contributed by atoms with van der Waals surface area (Å²) in [5.41, 5.74) is 4.37. The van der Waals surface area contributed by atoms with Crippen molar-refractivity contribution in [3.8, 4) is 29.0 Å². The third-order valence-electron chi connectivity index (χ3n) is 11.4. The number of benzene rings is 2. The summed E-state index contributed by atoms with van der Waals surface area (Å²) in [6.07, 6.45) is 5.00. The van der Waals surface area contributed by atoms with Crippen LogP contribution in [-0.4, -0.2) is 50.6 Å². The van der Waals surface area contributed by atoms with Gasteiger partial charge in [0.15, 0.2) is 17.3 Å². The van der Waals surface area contributed by atoms with Crippen LogP contribution in [0.2, 0.25) is 10.0 Å². The Hall–Kier alpha value is -4.74. The van der Waals surface area contributed by atoms with Crippen LogP contribution >= 0.6 is 23.2 Å². The zero-order valence-corrected chi connectivity index (χ0v) is 29.9. The molecule has 3 aromatic heterocycles. The number of hydrogen-bond donors (Lipinski definition) is 1. The maximum atomic E-state index is 17.2. The second-order valence-electron chi connectivity index (χ2n) is 14.5. The highest BCUT2D eigenvalue weighted by molar-refractivity contribution is 6.43. The highest BCUT2D eigenvalue weighted by atomic mass is 35.5. The van der Waals surface area contributed by atoms with E-state index >= 15 is 4.39 Å². The van der Waals surface area contributed by atoms with Crippen molar-refractivity contribution in [2.45, 2.75) is 69.7 Å². The number of nitriles is 2. The van der Waals surface area contributed by atoms with E-state index in [1.54, 1.807) is 36.5 Å². The van der Waals surface area contributed by atoms with E-state index in [4.69, 9.17) is 32.9 Å². The summed E-state index contributed by atoms with van der Waals surface area (Å²) in [7, 11) is 0. The number of pyridine rings is 2. The third-order valence-corrected chi connectivity index (χ3v) is 12.2. The van der Waals surface area contributed by atoms with Gasteiger partial charge in [-0.05, 0) is 74.4 Å². The molecule has 5 atom stereocenters. The van der Waals surface area contributed by atoms with Crippen molar-refractivity contribution in [1.29, 1.82) is 10.5 Å². The molecule has 10 rings (SSSR count). The lowest BCUT2D eigenvalue weighted by Gasteiger charge is -2.39. The van der Waals surface area contributed by atoms with Crippen molar-refractivity contribution < 1.29 is 13.9 Å². The average molecular weight is 735 g/mol. The number of rotatable bonds is 8. The number of likely N-dealkylation sites (tertiary alicyclic amines) is 1. The van der Waals surface area contributed by atoms with E-state index in [0.29, 0.717) is 63.8 Å². The quantitative estimate of drug-likeness (QED) is 0.172. The van der Waals surface area contributed by atoms with Gasteiger partial charge >= 0.3 is 0 Å². The normalized spacial score (nSPS) is 23.5. The summed E-state index contributed by atoms with van der Waals surface area (Å²) >= 11 is 13.1. The molecule has 2 aromatic carbocycles. The second-order valence-corrected chi connectivity index (χ2v) is 15.3. The number of halogens is 3. The molecule has 1 amide bonds. The monoisotopic (exact) mass is 733 g/mol. The predicted molar refractivity (Wildman–Crippen MR) is 195 cm³/mol. The number of hydrogen-bond acceptors (Lipinski definition) is 7. The summed E-state index contributed by atoms with van der Waals surface area (Å²) in [4.78, 5) is 25.0. The van der Waals surface area contributed by atoms with Gasteiger partial charge in [-0.2, -0.15) is 10.5 Å². The highest BCUT2D eigenvalue weighted by Crippen LogP contribution is 2.51. The van der Waals surface area contributed by atoms with Crippen LogP contribution in [0, 0.1) is 47.2 Å². The molecule has 3 saturated heterocycles. The molecule has 52 heavy (non-hydrogen) atoms. The standard InChI is InChI=1S/C40H34Cl2FN7O2/c1-20-26-16-32(31-15-24(19-49(31)40(51)21-9-10-21)52-33-8-4-12-46-30(33)17-45)50(38-23-14-29(38)47-18-23)39(26)27-13-22(5-3-11-44)34(36(43)37(27)48-20)25-6-2-7-28(41)35(25)42/h2,4,6-8,12-13,16,21,23-24,29,31,38,47H,3,5,9-10,14-15,18-19H2,1H3/t23-,24+,29-,31-,38+/m1/s1. The van der Waals surface area contributed by atoms with Gasteiger partial charge in [0.1, 0.15) is 17.7 Å². The van der Waals surface area contributed by atoms with Gasteiger partial charge in [-0.25, -0.2) is 14.4 Å².